The molecular formula is C10H14. The van der Waals surface area contributed by atoms with Crippen LogP contribution in [0.4, 0.5) is 0 Å². The molecule has 10 heavy (non-hydrogen) atoms. The van der Waals surface area contributed by atoms with Crippen LogP contribution in [-0.2, 0) is 0 Å². The molecule has 0 spiro atoms. The van der Waals surface area contributed by atoms with E-state index in [4.69, 9.17) is 6.42 Å². The lowest BCUT2D eigenvalue weighted by Crippen LogP contribution is -1.81. The van der Waals surface area contributed by atoms with Crippen LogP contribution in [0.1, 0.15) is 26.2 Å². The normalized spacial score (nSPS) is 8.40. The van der Waals surface area contributed by atoms with Gasteiger partial charge < -0.3 is 0 Å². The van der Waals surface area contributed by atoms with E-state index in [1.165, 1.54) is 5.57 Å². The van der Waals surface area contributed by atoms with Crippen LogP contribution in [0.15, 0.2) is 24.3 Å². The molecule has 0 saturated heterocycles. The second-order valence-corrected chi connectivity index (χ2v) is 2.35. The minimum atomic E-state index is 0.870. The molecule has 0 aromatic heterocycles. The molecule has 0 heterocycles. The quantitative estimate of drug-likeness (QED) is 0.409. The van der Waals surface area contributed by atoms with Gasteiger partial charge in [-0.05, 0) is 24.8 Å². The third-order valence-electron chi connectivity index (χ3n) is 1.48. The van der Waals surface area contributed by atoms with Gasteiger partial charge >= 0.3 is 0 Å². The van der Waals surface area contributed by atoms with Gasteiger partial charge in [-0.15, -0.1) is 6.42 Å². The van der Waals surface area contributed by atoms with Gasteiger partial charge in [0.15, 0.2) is 0 Å². The lowest BCUT2D eigenvalue weighted by Gasteiger charge is -1.99. The van der Waals surface area contributed by atoms with E-state index in [-0.39, 0.29) is 0 Å². The van der Waals surface area contributed by atoms with Crippen molar-refractivity contribution < 1.29 is 0 Å². The molecule has 0 unspecified atom stereocenters. The van der Waals surface area contributed by atoms with E-state index in [2.05, 4.69) is 26.0 Å². The van der Waals surface area contributed by atoms with Crippen LogP contribution in [-0.4, -0.2) is 0 Å². The molecule has 0 rings (SSSR count). The van der Waals surface area contributed by atoms with E-state index < -0.39 is 0 Å². The standard InChI is InChI=1S/C10H14/c1-5-9(3)7-8-10(4)6-2/h1H,3-4,6-8H2,2H3. The van der Waals surface area contributed by atoms with Gasteiger partial charge in [0, 0.05) is 0 Å². The fourth-order valence-corrected chi connectivity index (χ4v) is 0.577. The summed E-state index contributed by atoms with van der Waals surface area (Å²) in [5.74, 6) is 2.51. The summed E-state index contributed by atoms with van der Waals surface area (Å²) in [5, 5.41) is 0. The molecule has 0 aromatic carbocycles. The van der Waals surface area contributed by atoms with Crippen molar-refractivity contribution in [1.29, 1.82) is 0 Å². The average molecular weight is 134 g/mol. The minimum Gasteiger partial charge on any atom is -0.115 e. The summed E-state index contributed by atoms with van der Waals surface area (Å²) in [6.07, 6.45) is 8.04. The van der Waals surface area contributed by atoms with Crippen LogP contribution in [0, 0.1) is 12.3 Å². The Morgan fingerprint density at radius 2 is 2.00 bits per heavy atom. The first-order chi connectivity index (χ1) is 4.70. The Balaban J connectivity index is 3.48. The number of rotatable bonds is 4. The molecule has 0 aliphatic carbocycles. The molecule has 0 atom stereocenters. The molecule has 0 aliphatic rings. The molecule has 0 heteroatoms. The first-order valence-electron chi connectivity index (χ1n) is 3.51. The highest BCUT2D eigenvalue weighted by Gasteiger charge is 1.91. The highest BCUT2D eigenvalue weighted by atomic mass is 14.0. The maximum atomic E-state index is 5.12. The van der Waals surface area contributed by atoms with E-state index in [9.17, 15) is 0 Å². The summed E-state index contributed by atoms with van der Waals surface area (Å²) in [6, 6.07) is 0. The van der Waals surface area contributed by atoms with Gasteiger partial charge in [0.2, 0.25) is 0 Å². The Morgan fingerprint density at radius 3 is 2.40 bits per heavy atom. The van der Waals surface area contributed by atoms with Gasteiger partial charge in [-0.3, -0.25) is 0 Å². The van der Waals surface area contributed by atoms with Crippen LogP contribution in [0.5, 0.6) is 0 Å². The van der Waals surface area contributed by atoms with Gasteiger partial charge in [-0.2, -0.15) is 0 Å². The summed E-state index contributed by atoms with van der Waals surface area (Å²) < 4.78 is 0. The minimum absolute atomic E-state index is 0.870. The predicted molar refractivity (Wildman–Crippen MR) is 46.6 cm³/mol. The van der Waals surface area contributed by atoms with E-state index >= 15 is 0 Å². The smallest absolute Gasteiger partial charge is 0.00510 e. The SMILES string of the molecule is C#CC(=C)CCC(=C)CC. The molecule has 0 radical (unpaired) electrons. The van der Waals surface area contributed by atoms with Gasteiger partial charge in [0.05, 0.1) is 0 Å². The van der Waals surface area contributed by atoms with Gasteiger partial charge in [-0.1, -0.05) is 31.6 Å². The first kappa shape index (κ1) is 9.04. The summed E-state index contributed by atoms with van der Waals surface area (Å²) in [7, 11) is 0. The number of terminal acetylenes is 1. The molecular weight excluding hydrogens is 120 g/mol. The Labute approximate surface area is 63.6 Å². The Hall–Kier alpha value is -0.960. The van der Waals surface area contributed by atoms with Crippen LogP contribution in [0.25, 0.3) is 0 Å². The molecule has 0 bridgehead atoms. The maximum absolute atomic E-state index is 5.12. The fraction of sp³-hybridized carbons (Fsp3) is 0.400. The number of allylic oxidation sites excluding steroid dienone is 2. The summed E-state index contributed by atoms with van der Waals surface area (Å²) in [5.41, 5.74) is 2.12. The highest BCUT2D eigenvalue weighted by Crippen LogP contribution is 2.09. The van der Waals surface area contributed by atoms with Crippen LogP contribution in [0.3, 0.4) is 0 Å². The lowest BCUT2D eigenvalue weighted by molar-refractivity contribution is 0.900. The molecule has 0 aliphatic heterocycles. The van der Waals surface area contributed by atoms with E-state index in [0.29, 0.717) is 0 Å². The Morgan fingerprint density at radius 1 is 1.40 bits per heavy atom. The number of hydrogen-bond donors (Lipinski definition) is 0. The van der Waals surface area contributed by atoms with Crippen molar-refractivity contribution in [2.24, 2.45) is 0 Å². The van der Waals surface area contributed by atoms with Crippen molar-refractivity contribution in [3.05, 3.63) is 24.3 Å². The third-order valence-corrected chi connectivity index (χ3v) is 1.48. The zero-order valence-electron chi connectivity index (χ0n) is 6.61. The topological polar surface area (TPSA) is 0 Å². The van der Waals surface area contributed by atoms with E-state index in [1.807, 2.05) is 0 Å². The van der Waals surface area contributed by atoms with Crippen LogP contribution >= 0.6 is 0 Å². The van der Waals surface area contributed by atoms with Crippen LogP contribution < -0.4 is 0 Å². The largest absolute Gasteiger partial charge is 0.115 e. The van der Waals surface area contributed by atoms with Gasteiger partial charge in [0.1, 0.15) is 0 Å². The maximum Gasteiger partial charge on any atom is -0.00510 e. The Kier molecular flexibility index (Phi) is 4.41. The summed E-state index contributed by atoms with van der Waals surface area (Å²) in [6.45, 7) is 9.67. The Bertz CT molecular complexity index is 167. The molecule has 0 nitrogen and oxygen atoms in total. The zero-order chi connectivity index (χ0) is 7.98. The fourth-order valence-electron chi connectivity index (χ4n) is 0.577. The molecule has 0 amide bonds. The van der Waals surface area contributed by atoms with Crippen molar-refractivity contribution in [2.45, 2.75) is 26.2 Å². The van der Waals surface area contributed by atoms with Crippen molar-refractivity contribution in [3.8, 4) is 12.3 Å². The highest BCUT2D eigenvalue weighted by molar-refractivity contribution is 5.22. The second kappa shape index (κ2) is 4.88. The average Bonchev–Trinajstić information content (AvgIpc) is 1.99. The lowest BCUT2D eigenvalue weighted by atomic mass is 10.1. The van der Waals surface area contributed by atoms with Gasteiger partial charge in [0.25, 0.3) is 0 Å². The molecule has 0 saturated carbocycles. The van der Waals surface area contributed by atoms with Gasteiger partial charge in [-0.25, -0.2) is 0 Å². The van der Waals surface area contributed by atoms with Crippen molar-refractivity contribution >= 4 is 0 Å². The van der Waals surface area contributed by atoms with E-state index in [0.717, 1.165) is 24.8 Å². The first-order valence-corrected chi connectivity index (χ1v) is 3.51. The summed E-state index contributed by atoms with van der Waals surface area (Å²) >= 11 is 0. The monoisotopic (exact) mass is 134 g/mol. The third kappa shape index (κ3) is 3.97. The zero-order valence-corrected chi connectivity index (χ0v) is 6.61. The predicted octanol–water partition coefficient (Wildman–Crippen LogP) is 2.92. The van der Waals surface area contributed by atoms with E-state index in [1.54, 1.807) is 0 Å². The van der Waals surface area contributed by atoms with Crippen molar-refractivity contribution in [3.63, 3.8) is 0 Å². The van der Waals surface area contributed by atoms with Crippen LogP contribution in [0.2, 0.25) is 0 Å². The number of hydrogen-bond acceptors (Lipinski definition) is 0. The molecule has 0 aromatic rings. The molecule has 0 N–H and O–H groups in total. The molecule has 54 valence electrons. The molecule has 0 fully saturated rings. The van der Waals surface area contributed by atoms with Crippen molar-refractivity contribution in [2.75, 3.05) is 0 Å². The van der Waals surface area contributed by atoms with Crippen molar-refractivity contribution in [1.82, 2.24) is 0 Å². The summed E-state index contributed by atoms with van der Waals surface area (Å²) in [4.78, 5) is 0. The second-order valence-electron chi connectivity index (χ2n) is 2.35.